The zero-order valence-corrected chi connectivity index (χ0v) is 17.9. The molecule has 0 unspecified atom stereocenters. The number of nitriles is 1. The maximum Gasteiger partial charge on any atom is 0.280 e. The van der Waals surface area contributed by atoms with Gasteiger partial charge in [0, 0.05) is 4.88 Å². The Bertz CT molecular complexity index is 1120. The minimum absolute atomic E-state index is 0.188. The molecule has 0 bridgehead atoms. The molecule has 30 heavy (non-hydrogen) atoms. The molecular formula is C20H22FN4O3S2+. The van der Waals surface area contributed by atoms with Crippen LogP contribution in [0.2, 0.25) is 0 Å². The molecule has 2 aromatic rings. The number of anilines is 1. The van der Waals surface area contributed by atoms with Gasteiger partial charge in [0.25, 0.3) is 5.91 Å². The molecule has 1 amide bonds. The van der Waals surface area contributed by atoms with E-state index in [9.17, 15) is 22.9 Å². The molecule has 4 rings (SSSR count). The monoisotopic (exact) mass is 449 g/mol. The fourth-order valence-electron chi connectivity index (χ4n) is 4.02. The summed E-state index contributed by atoms with van der Waals surface area (Å²) in [6, 6.07) is 7.56. The lowest BCUT2D eigenvalue weighted by atomic mass is 10.1. The van der Waals surface area contributed by atoms with Crippen LogP contribution >= 0.6 is 11.3 Å². The molecule has 2 N–H and O–H groups in total. The van der Waals surface area contributed by atoms with Crippen molar-refractivity contribution < 1.29 is 22.5 Å². The third kappa shape index (κ3) is 3.98. The van der Waals surface area contributed by atoms with E-state index < -0.39 is 15.8 Å². The number of nitrogens with one attached hydrogen (secondary N) is 2. The van der Waals surface area contributed by atoms with Crippen molar-refractivity contribution in [2.75, 3.05) is 38.0 Å². The summed E-state index contributed by atoms with van der Waals surface area (Å²) in [6.45, 7) is 1.54. The topological polar surface area (TPSA) is 94.7 Å². The Kier molecular flexibility index (Phi) is 5.88. The predicted molar refractivity (Wildman–Crippen MR) is 110 cm³/mol. The van der Waals surface area contributed by atoms with E-state index in [2.05, 4.69) is 11.4 Å². The number of thiophene rings is 1. The smallest absolute Gasteiger partial charge is 0.280 e. The van der Waals surface area contributed by atoms with Crippen molar-refractivity contribution in [3.63, 3.8) is 0 Å². The van der Waals surface area contributed by atoms with Gasteiger partial charge in [-0.25, -0.2) is 12.8 Å². The van der Waals surface area contributed by atoms with Crippen LogP contribution in [-0.2, 0) is 27.7 Å². The highest BCUT2D eigenvalue weighted by molar-refractivity contribution is 7.89. The van der Waals surface area contributed by atoms with Crippen molar-refractivity contribution in [2.24, 2.45) is 0 Å². The molecule has 1 saturated heterocycles. The molecule has 1 aromatic carbocycles. The quantitative estimate of drug-likeness (QED) is 0.705. The molecule has 0 spiro atoms. The first-order valence-electron chi connectivity index (χ1n) is 9.83. The molecule has 1 aliphatic heterocycles. The number of rotatable bonds is 5. The van der Waals surface area contributed by atoms with Gasteiger partial charge in [0.15, 0.2) is 6.54 Å². The first-order valence-corrected chi connectivity index (χ1v) is 12.1. The lowest BCUT2D eigenvalue weighted by Crippen LogP contribution is -3.15. The molecule has 1 aliphatic carbocycles. The number of hydrogen-bond donors (Lipinski definition) is 2. The van der Waals surface area contributed by atoms with Crippen LogP contribution in [-0.4, -0.2) is 51.4 Å². The fourth-order valence-corrected chi connectivity index (χ4v) is 6.78. The van der Waals surface area contributed by atoms with E-state index in [-0.39, 0.29) is 30.4 Å². The molecule has 1 fully saturated rings. The van der Waals surface area contributed by atoms with Crippen molar-refractivity contribution in [2.45, 2.75) is 24.2 Å². The Morgan fingerprint density at radius 3 is 2.70 bits per heavy atom. The number of halogens is 1. The zero-order chi connectivity index (χ0) is 21.3. The van der Waals surface area contributed by atoms with Crippen molar-refractivity contribution in [3.05, 3.63) is 46.1 Å². The SMILES string of the molecule is N#Cc1c(NC(=O)C[NH+]2CCN(S(=O)(=O)c3ccccc3F)CC2)sc2c1CCC2. The Balaban J connectivity index is 1.35. The van der Waals surface area contributed by atoms with Crippen LogP contribution < -0.4 is 10.2 Å². The molecule has 2 heterocycles. The van der Waals surface area contributed by atoms with Crippen molar-refractivity contribution in [1.29, 1.82) is 5.26 Å². The van der Waals surface area contributed by atoms with Crippen LogP contribution in [0.1, 0.15) is 22.4 Å². The normalized spacial score (nSPS) is 17.5. The van der Waals surface area contributed by atoms with Crippen molar-refractivity contribution >= 4 is 32.3 Å². The predicted octanol–water partition coefficient (Wildman–Crippen LogP) is 0.775. The number of carbonyl (C=O) groups is 1. The standard InChI is InChI=1S/C20H21FN4O3S2/c21-16-5-1-2-7-18(16)30(27,28)25-10-8-24(9-11-25)13-19(26)23-20-15(12-22)14-4-3-6-17(14)29-20/h1-2,5,7H,3-4,6,8-11,13H2,(H,23,26)/p+1. The number of benzene rings is 1. The molecular weight excluding hydrogens is 427 g/mol. The molecule has 1 aromatic heterocycles. The second kappa shape index (κ2) is 8.43. The Labute approximate surface area is 178 Å². The summed E-state index contributed by atoms with van der Waals surface area (Å²) in [4.78, 5) is 14.3. The summed E-state index contributed by atoms with van der Waals surface area (Å²) in [5, 5.41) is 12.9. The van der Waals surface area contributed by atoms with Crippen LogP contribution in [0.25, 0.3) is 0 Å². The number of piperazine rings is 1. The van der Waals surface area contributed by atoms with Crippen LogP contribution in [0, 0.1) is 17.1 Å². The third-order valence-electron chi connectivity index (χ3n) is 5.58. The van der Waals surface area contributed by atoms with E-state index in [0.717, 1.165) is 35.8 Å². The Morgan fingerprint density at radius 2 is 2.00 bits per heavy atom. The van der Waals surface area contributed by atoms with Gasteiger partial charge in [-0.15, -0.1) is 11.3 Å². The van der Waals surface area contributed by atoms with E-state index in [1.165, 1.54) is 38.7 Å². The third-order valence-corrected chi connectivity index (χ3v) is 8.72. The van der Waals surface area contributed by atoms with E-state index >= 15 is 0 Å². The van der Waals surface area contributed by atoms with Crippen LogP contribution in [0.4, 0.5) is 9.39 Å². The van der Waals surface area contributed by atoms with Gasteiger partial charge in [0.1, 0.15) is 21.8 Å². The van der Waals surface area contributed by atoms with Crippen LogP contribution in [0.15, 0.2) is 29.2 Å². The number of quaternary nitrogens is 1. The van der Waals surface area contributed by atoms with E-state index in [0.29, 0.717) is 23.7 Å². The highest BCUT2D eigenvalue weighted by Gasteiger charge is 2.33. The van der Waals surface area contributed by atoms with Gasteiger partial charge in [-0.1, -0.05) is 12.1 Å². The number of sulfonamides is 1. The van der Waals surface area contributed by atoms with E-state index in [1.807, 2.05) is 0 Å². The van der Waals surface area contributed by atoms with Gasteiger partial charge in [-0.05, 0) is 37.0 Å². The van der Waals surface area contributed by atoms with Crippen LogP contribution in [0.5, 0.6) is 0 Å². The number of hydrogen-bond acceptors (Lipinski definition) is 5. The molecule has 0 radical (unpaired) electrons. The second-order valence-electron chi connectivity index (χ2n) is 7.48. The first-order chi connectivity index (χ1) is 14.4. The minimum atomic E-state index is -3.89. The summed E-state index contributed by atoms with van der Waals surface area (Å²) >= 11 is 1.48. The van der Waals surface area contributed by atoms with Gasteiger partial charge in [0.05, 0.1) is 31.7 Å². The number of amides is 1. The van der Waals surface area contributed by atoms with Gasteiger partial charge in [-0.3, -0.25) is 4.79 Å². The highest BCUT2D eigenvalue weighted by Crippen LogP contribution is 2.38. The van der Waals surface area contributed by atoms with Crippen molar-refractivity contribution in [1.82, 2.24) is 4.31 Å². The Morgan fingerprint density at radius 1 is 1.27 bits per heavy atom. The van der Waals surface area contributed by atoms with Crippen molar-refractivity contribution in [3.8, 4) is 6.07 Å². The lowest BCUT2D eigenvalue weighted by molar-refractivity contribution is -0.895. The number of nitrogens with zero attached hydrogens (tertiary/aromatic N) is 2. The highest BCUT2D eigenvalue weighted by atomic mass is 32.2. The molecule has 158 valence electrons. The number of fused-ring (bicyclic) bond motifs is 1. The summed E-state index contributed by atoms with van der Waals surface area (Å²) < 4.78 is 40.6. The zero-order valence-electron chi connectivity index (χ0n) is 16.3. The number of aryl methyl sites for hydroxylation is 1. The largest absolute Gasteiger partial charge is 0.325 e. The summed E-state index contributed by atoms with van der Waals surface area (Å²) in [7, 11) is -3.89. The van der Waals surface area contributed by atoms with Gasteiger partial charge >= 0.3 is 0 Å². The second-order valence-corrected chi connectivity index (χ2v) is 10.5. The average molecular weight is 450 g/mol. The lowest BCUT2D eigenvalue weighted by Gasteiger charge is -2.31. The fraction of sp³-hybridized carbons (Fsp3) is 0.400. The molecule has 0 atom stereocenters. The molecule has 0 saturated carbocycles. The number of carbonyl (C=O) groups excluding carboxylic acids is 1. The van der Waals surface area contributed by atoms with E-state index in [1.54, 1.807) is 0 Å². The Hall–Kier alpha value is -2.32. The maximum atomic E-state index is 13.9. The van der Waals surface area contributed by atoms with Crippen LogP contribution in [0.3, 0.4) is 0 Å². The summed E-state index contributed by atoms with van der Waals surface area (Å²) in [5.74, 6) is -0.949. The average Bonchev–Trinajstić information content (AvgIpc) is 3.29. The maximum absolute atomic E-state index is 13.9. The minimum Gasteiger partial charge on any atom is -0.325 e. The molecule has 2 aliphatic rings. The van der Waals surface area contributed by atoms with Gasteiger partial charge < -0.3 is 10.2 Å². The van der Waals surface area contributed by atoms with Gasteiger partial charge in [-0.2, -0.15) is 9.57 Å². The summed E-state index contributed by atoms with van der Waals surface area (Å²) in [5.41, 5.74) is 1.65. The first kappa shape index (κ1) is 20.9. The summed E-state index contributed by atoms with van der Waals surface area (Å²) in [6.07, 6.45) is 2.89. The van der Waals surface area contributed by atoms with Gasteiger partial charge in [0.2, 0.25) is 10.0 Å². The molecule has 10 heteroatoms. The van der Waals surface area contributed by atoms with E-state index in [4.69, 9.17) is 0 Å². The molecule has 7 nitrogen and oxygen atoms in total.